The lowest BCUT2D eigenvalue weighted by Gasteiger charge is -2.19. The molecule has 8 nitrogen and oxygen atoms in total. The fraction of sp³-hybridized carbons (Fsp3) is 0.444. The molecule has 0 aliphatic carbocycles. The minimum atomic E-state index is -0.402. The van der Waals surface area contributed by atoms with Crippen LogP contribution in [0.3, 0.4) is 0 Å². The monoisotopic (exact) mass is 470 g/mol. The summed E-state index contributed by atoms with van der Waals surface area (Å²) in [6.07, 6.45) is 1.80. The van der Waals surface area contributed by atoms with E-state index in [1.54, 1.807) is 4.68 Å². The molecule has 0 atom stereocenters. The van der Waals surface area contributed by atoms with Crippen LogP contribution in [0.4, 0.5) is 23.1 Å². The van der Waals surface area contributed by atoms with Crippen LogP contribution in [0.25, 0.3) is 10.5 Å². The molecule has 0 saturated heterocycles. The number of rotatable bonds is 6. The van der Waals surface area contributed by atoms with Gasteiger partial charge in [-0.15, -0.1) is 10.2 Å². The van der Waals surface area contributed by atoms with E-state index in [0.29, 0.717) is 46.5 Å². The third-order valence-corrected chi connectivity index (χ3v) is 5.76. The van der Waals surface area contributed by atoms with Gasteiger partial charge in [-0.25, -0.2) is 4.68 Å². The third-order valence-electron chi connectivity index (χ3n) is 5.76. The number of aromatic nitrogens is 3. The van der Waals surface area contributed by atoms with Gasteiger partial charge in [-0.1, -0.05) is 79.7 Å². The van der Waals surface area contributed by atoms with Crippen molar-refractivity contribution in [2.24, 2.45) is 10.2 Å². The number of para-hydroxylation sites is 1. The van der Waals surface area contributed by atoms with Crippen molar-refractivity contribution in [3.63, 3.8) is 0 Å². The number of benzene rings is 1. The molecule has 182 valence electrons. The number of nitrogen functional groups attached to an aromatic ring is 1. The second-order valence-corrected chi connectivity index (χ2v) is 10.7. The highest BCUT2D eigenvalue weighted by Crippen LogP contribution is 2.44. The van der Waals surface area contributed by atoms with Gasteiger partial charge in [0.15, 0.2) is 11.5 Å². The highest BCUT2D eigenvalue weighted by atomic mass is 15.3. The number of azo groups is 1. The van der Waals surface area contributed by atoms with Crippen LogP contribution in [0.5, 0.6) is 0 Å². The summed E-state index contributed by atoms with van der Waals surface area (Å²) in [6.45, 7) is 22.7. The van der Waals surface area contributed by atoms with E-state index in [1.807, 2.05) is 76.4 Å². The Morgan fingerprint density at radius 3 is 2.26 bits per heavy atom. The zero-order valence-electron chi connectivity index (χ0n) is 21.7. The summed E-state index contributed by atoms with van der Waals surface area (Å²) in [5.74, 6) is 1.21. The van der Waals surface area contributed by atoms with Crippen LogP contribution in [0.15, 0.2) is 40.6 Å². The predicted molar refractivity (Wildman–Crippen MR) is 140 cm³/mol. The van der Waals surface area contributed by atoms with Gasteiger partial charge in [-0.3, -0.25) is 4.57 Å². The standard InChI is InChI=1S/C27H34N8/c1-9-10-16-34-24(19(17-28)20(25(34)30-8)26(2,3)4)32-31-21-22(27(5,6)7)33-35(23(21)29)18-14-12-11-13-15-18/h11-15H,9-10,16,29H2,1-7H3. The van der Waals surface area contributed by atoms with Crippen molar-refractivity contribution in [1.82, 2.24) is 14.3 Å². The smallest absolute Gasteiger partial charge is 0.242 e. The number of nitrogens with two attached hydrogens (primary N) is 1. The Kier molecular flexibility index (Phi) is 7.17. The van der Waals surface area contributed by atoms with Crippen LogP contribution in [-0.2, 0) is 17.4 Å². The number of nitrogens with zero attached hydrogens (tertiary/aromatic N) is 7. The lowest BCUT2D eigenvalue weighted by molar-refractivity contribution is 0.561. The molecule has 0 spiro atoms. The number of anilines is 1. The minimum absolute atomic E-state index is 0.344. The molecule has 2 aromatic heterocycles. The lowest BCUT2D eigenvalue weighted by atomic mass is 9.85. The average molecular weight is 471 g/mol. The lowest BCUT2D eigenvalue weighted by Crippen LogP contribution is -2.13. The molecule has 0 radical (unpaired) electrons. The first-order chi connectivity index (χ1) is 16.5. The summed E-state index contributed by atoms with van der Waals surface area (Å²) >= 11 is 0. The SMILES string of the molecule is [C-]#[N+]c1c(C(C)(C)C)c(C#N)c(N=Nc2c(C(C)(C)C)nn(-c3ccccc3)c2N)n1CCCC. The number of hydrogen-bond donors (Lipinski definition) is 1. The van der Waals surface area contributed by atoms with Gasteiger partial charge in [0.25, 0.3) is 0 Å². The van der Waals surface area contributed by atoms with Gasteiger partial charge in [-0.05, 0) is 24.0 Å². The normalized spacial score (nSPS) is 12.1. The summed E-state index contributed by atoms with van der Waals surface area (Å²) in [5, 5.41) is 24.0. The molecule has 8 heteroatoms. The molecule has 0 unspecified atom stereocenters. The van der Waals surface area contributed by atoms with Crippen LogP contribution < -0.4 is 5.73 Å². The average Bonchev–Trinajstić information content (AvgIpc) is 3.30. The van der Waals surface area contributed by atoms with Crippen molar-refractivity contribution < 1.29 is 0 Å². The first-order valence-corrected chi connectivity index (χ1v) is 11.9. The van der Waals surface area contributed by atoms with E-state index in [-0.39, 0.29) is 5.41 Å². The first-order valence-electron chi connectivity index (χ1n) is 11.9. The van der Waals surface area contributed by atoms with Crippen LogP contribution >= 0.6 is 0 Å². The minimum Gasteiger partial charge on any atom is -0.382 e. The Morgan fingerprint density at radius 2 is 1.74 bits per heavy atom. The van der Waals surface area contributed by atoms with Crippen molar-refractivity contribution in [3.05, 3.63) is 58.6 Å². The quantitative estimate of drug-likeness (QED) is 0.298. The number of hydrogen-bond acceptors (Lipinski definition) is 5. The summed E-state index contributed by atoms with van der Waals surface area (Å²) in [7, 11) is 0. The zero-order chi connectivity index (χ0) is 26.0. The van der Waals surface area contributed by atoms with Crippen molar-refractivity contribution in [2.75, 3.05) is 5.73 Å². The maximum Gasteiger partial charge on any atom is 0.242 e. The number of nitriles is 1. The summed E-state index contributed by atoms with van der Waals surface area (Å²) in [6, 6.07) is 11.9. The maximum absolute atomic E-state index is 10.1. The highest BCUT2D eigenvalue weighted by molar-refractivity contribution is 5.70. The molecule has 0 aliphatic rings. The third kappa shape index (κ3) is 4.97. The molecule has 3 rings (SSSR count). The predicted octanol–water partition coefficient (Wildman–Crippen LogP) is 7.49. The largest absolute Gasteiger partial charge is 0.382 e. The van der Waals surface area contributed by atoms with Gasteiger partial charge in [-0.2, -0.15) is 10.4 Å². The summed E-state index contributed by atoms with van der Waals surface area (Å²) in [4.78, 5) is 3.81. The highest BCUT2D eigenvalue weighted by Gasteiger charge is 2.32. The molecule has 0 fully saturated rings. The van der Waals surface area contributed by atoms with Gasteiger partial charge in [0, 0.05) is 11.0 Å². The molecule has 2 heterocycles. The maximum atomic E-state index is 10.1. The molecule has 35 heavy (non-hydrogen) atoms. The van der Waals surface area contributed by atoms with E-state index in [4.69, 9.17) is 17.4 Å². The Hall–Kier alpha value is -3.91. The zero-order valence-corrected chi connectivity index (χ0v) is 21.7. The van der Waals surface area contributed by atoms with Gasteiger partial charge in [0.05, 0.1) is 17.9 Å². The molecule has 0 bridgehead atoms. The molecular formula is C27H34N8. The van der Waals surface area contributed by atoms with E-state index in [9.17, 15) is 5.26 Å². The van der Waals surface area contributed by atoms with Crippen LogP contribution in [-0.4, -0.2) is 14.3 Å². The molecule has 0 aliphatic heterocycles. The van der Waals surface area contributed by atoms with Gasteiger partial charge in [0.2, 0.25) is 11.6 Å². The summed E-state index contributed by atoms with van der Waals surface area (Å²) < 4.78 is 3.50. The van der Waals surface area contributed by atoms with Crippen LogP contribution in [0.1, 0.15) is 78.1 Å². The first kappa shape index (κ1) is 25.7. The molecule has 1 aromatic carbocycles. The van der Waals surface area contributed by atoms with Crippen molar-refractivity contribution in [2.45, 2.75) is 78.7 Å². The Bertz CT molecular complexity index is 1310. The Morgan fingerprint density at radius 1 is 1.09 bits per heavy atom. The van der Waals surface area contributed by atoms with Gasteiger partial charge in [0.1, 0.15) is 11.6 Å². The molecule has 0 saturated carbocycles. The summed E-state index contributed by atoms with van der Waals surface area (Å²) in [5.41, 5.74) is 8.87. The molecule has 0 amide bonds. The fourth-order valence-electron chi connectivity index (χ4n) is 4.05. The van der Waals surface area contributed by atoms with E-state index in [2.05, 4.69) is 28.1 Å². The number of unbranched alkanes of at least 4 members (excludes halogenated alkanes) is 1. The topological polar surface area (TPSA) is 102 Å². The second kappa shape index (κ2) is 9.76. The molecular weight excluding hydrogens is 436 g/mol. The Balaban J connectivity index is 2.27. The van der Waals surface area contributed by atoms with Crippen LogP contribution in [0.2, 0.25) is 0 Å². The van der Waals surface area contributed by atoms with E-state index in [0.717, 1.165) is 18.5 Å². The van der Waals surface area contributed by atoms with E-state index in [1.165, 1.54) is 0 Å². The van der Waals surface area contributed by atoms with Gasteiger partial charge >= 0.3 is 0 Å². The van der Waals surface area contributed by atoms with Crippen molar-refractivity contribution in [1.29, 1.82) is 5.26 Å². The van der Waals surface area contributed by atoms with Crippen molar-refractivity contribution >= 4 is 23.1 Å². The van der Waals surface area contributed by atoms with Gasteiger partial charge < -0.3 is 10.6 Å². The van der Waals surface area contributed by atoms with Crippen LogP contribution in [0, 0.1) is 17.9 Å². The van der Waals surface area contributed by atoms with Crippen molar-refractivity contribution in [3.8, 4) is 11.8 Å². The second-order valence-electron chi connectivity index (χ2n) is 10.7. The van der Waals surface area contributed by atoms with E-state index >= 15 is 0 Å². The molecule has 3 aromatic rings. The molecule has 2 N–H and O–H groups in total. The Labute approximate surface area is 207 Å². The fourth-order valence-corrected chi connectivity index (χ4v) is 4.05. The van der Waals surface area contributed by atoms with E-state index < -0.39 is 5.41 Å².